The third kappa shape index (κ3) is 7.16. The van der Waals surface area contributed by atoms with E-state index in [2.05, 4.69) is 20.9 Å². The lowest BCUT2D eigenvalue weighted by Gasteiger charge is -2.13. The maximum absolute atomic E-state index is 13.6. The average molecular weight is 484 g/mol. The Morgan fingerprint density at radius 2 is 1.70 bits per heavy atom. The Bertz CT molecular complexity index is 795. The van der Waals surface area contributed by atoms with Gasteiger partial charge in [-0.3, -0.25) is 9.79 Å². The molecule has 2 rings (SSSR count). The summed E-state index contributed by atoms with van der Waals surface area (Å²) in [5.41, 5.74) is 3.07. The molecule has 0 fully saturated rings. The van der Waals surface area contributed by atoms with Gasteiger partial charge in [0.25, 0.3) is 5.91 Å². The summed E-state index contributed by atoms with van der Waals surface area (Å²) >= 11 is 0. The second kappa shape index (κ2) is 11.5. The van der Waals surface area contributed by atoms with Gasteiger partial charge >= 0.3 is 0 Å². The van der Waals surface area contributed by atoms with E-state index in [9.17, 15) is 9.18 Å². The predicted molar refractivity (Wildman–Crippen MR) is 118 cm³/mol. The van der Waals surface area contributed by atoms with Gasteiger partial charge in [0.05, 0.1) is 0 Å². The highest BCUT2D eigenvalue weighted by Crippen LogP contribution is 2.09. The van der Waals surface area contributed by atoms with Gasteiger partial charge in [-0.15, -0.1) is 24.0 Å². The minimum absolute atomic E-state index is 0. The molecule has 3 N–H and O–H groups in total. The van der Waals surface area contributed by atoms with Gasteiger partial charge < -0.3 is 16.0 Å². The third-order valence-corrected chi connectivity index (χ3v) is 3.91. The quantitative estimate of drug-likeness (QED) is 0.335. The molecule has 0 spiro atoms. The van der Waals surface area contributed by atoms with Crippen molar-refractivity contribution in [3.63, 3.8) is 0 Å². The molecule has 0 saturated carbocycles. The monoisotopic (exact) mass is 484 g/mol. The van der Waals surface area contributed by atoms with Crippen LogP contribution in [0.4, 0.5) is 4.39 Å². The summed E-state index contributed by atoms with van der Waals surface area (Å²) in [5.74, 6) is 0.307. The number of guanidine groups is 1. The van der Waals surface area contributed by atoms with E-state index >= 15 is 0 Å². The van der Waals surface area contributed by atoms with Crippen LogP contribution >= 0.6 is 24.0 Å². The zero-order valence-electron chi connectivity index (χ0n) is 15.8. The van der Waals surface area contributed by atoms with Crippen LogP contribution in [-0.2, 0) is 13.1 Å². The van der Waals surface area contributed by atoms with Gasteiger partial charge in [-0.2, -0.15) is 0 Å². The number of hydrogen-bond acceptors (Lipinski definition) is 2. The molecule has 0 unspecified atom stereocenters. The van der Waals surface area contributed by atoms with Crippen LogP contribution in [0.5, 0.6) is 0 Å². The summed E-state index contributed by atoms with van der Waals surface area (Å²) in [6.07, 6.45) is 0. The fraction of sp³-hybridized carbons (Fsp3) is 0.300. The minimum Gasteiger partial charge on any atom is -0.352 e. The van der Waals surface area contributed by atoms with Crippen LogP contribution in [0.1, 0.15) is 34.0 Å². The first-order valence-electron chi connectivity index (χ1n) is 8.60. The number of benzene rings is 2. The van der Waals surface area contributed by atoms with Gasteiger partial charge in [0.15, 0.2) is 5.96 Å². The van der Waals surface area contributed by atoms with Gasteiger partial charge in [0.2, 0.25) is 0 Å². The molecule has 0 aromatic heterocycles. The van der Waals surface area contributed by atoms with E-state index in [1.165, 1.54) is 6.07 Å². The Balaban J connectivity index is 0.00000364. The molecule has 1 amide bonds. The number of rotatable bonds is 6. The predicted octanol–water partition coefficient (Wildman–Crippen LogP) is 3.37. The molecule has 0 aliphatic carbocycles. The van der Waals surface area contributed by atoms with E-state index in [1.54, 1.807) is 26.1 Å². The van der Waals surface area contributed by atoms with Crippen molar-refractivity contribution in [2.24, 2.45) is 4.99 Å². The van der Waals surface area contributed by atoms with Gasteiger partial charge in [0, 0.05) is 32.2 Å². The number of carbonyl (C=O) groups is 1. The summed E-state index contributed by atoms with van der Waals surface area (Å²) < 4.78 is 13.6. The van der Waals surface area contributed by atoms with Gasteiger partial charge in [-0.05, 0) is 48.7 Å². The highest BCUT2D eigenvalue weighted by Gasteiger charge is 2.06. The number of hydrogen-bond donors (Lipinski definition) is 3. The lowest BCUT2D eigenvalue weighted by Crippen LogP contribution is -2.36. The van der Waals surface area contributed by atoms with Crippen LogP contribution in [0.2, 0.25) is 0 Å². The largest absolute Gasteiger partial charge is 0.352 e. The lowest BCUT2D eigenvalue weighted by molar-refractivity contribution is 0.0955. The summed E-state index contributed by atoms with van der Waals surface area (Å²) in [7, 11) is 1.68. The molecule has 0 bridgehead atoms. The van der Waals surface area contributed by atoms with Crippen LogP contribution in [0, 0.1) is 12.7 Å². The Hall–Kier alpha value is -2.16. The second-order valence-corrected chi connectivity index (χ2v) is 5.92. The molecule has 0 saturated heterocycles. The SMILES string of the molecule is CCNC(=O)c1cccc(CNC(=NC)NCc2ccc(C)c(F)c2)c1.I. The maximum Gasteiger partial charge on any atom is 0.251 e. The van der Waals surface area contributed by atoms with Crippen molar-refractivity contribution in [3.05, 3.63) is 70.5 Å². The first kappa shape index (κ1) is 22.9. The van der Waals surface area contributed by atoms with Gasteiger partial charge in [-0.1, -0.05) is 24.3 Å². The van der Waals surface area contributed by atoms with Crippen LogP contribution in [0.25, 0.3) is 0 Å². The lowest BCUT2D eigenvalue weighted by atomic mass is 10.1. The third-order valence-electron chi connectivity index (χ3n) is 3.91. The summed E-state index contributed by atoms with van der Waals surface area (Å²) in [6.45, 7) is 5.21. The zero-order chi connectivity index (χ0) is 18.9. The van der Waals surface area contributed by atoms with E-state index in [4.69, 9.17) is 0 Å². The summed E-state index contributed by atoms with van der Waals surface area (Å²) in [5, 5.41) is 9.13. The second-order valence-electron chi connectivity index (χ2n) is 5.92. The van der Waals surface area contributed by atoms with Gasteiger partial charge in [0.1, 0.15) is 5.82 Å². The highest BCUT2D eigenvalue weighted by atomic mass is 127. The molecule has 0 radical (unpaired) electrons. The van der Waals surface area contributed by atoms with Crippen molar-refractivity contribution < 1.29 is 9.18 Å². The molecule has 0 aliphatic rings. The smallest absolute Gasteiger partial charge is 0.251 e. The number of aliphatic imine (C=N–C) groups is 1. The topological polar surface area (TPSA) is 65.5 Å². The number of aryl methyl sites for hydroxylation is 1. The van der Waals surface area contributed by atoms with Crippen molar-refractivity contribution in [2.75, 3.05) is 13.6 Å². The number of carbonyl (C=O) groups excluding carboxylic acids is 1. The molecule has 0 aliphatic heterocycles. The fourth-order valence-electron chi connectivity index (χ4n) is 2.42. The van der Waals surface area contributed by atoms with Gasteiger partial charge in [-0.25, -0.2) is 4.39 Å². The standard InChI is InChI=1S/C20H25FN4O.HI/c1-4-23-19(26)17-7-5-6-15(10-17)12-24-20(22-3)25-13-16-9-8-14(2)18(21)11-16;/h5-11H,4,12-13H2,1-3H3,(H,23,26)(H2,22,24,25);1H. The van der Waals surface area contributed by atoms with Crippen LogP contribution in [-0.4, -0.2) is 25.5 Å². The normalized spacial score (nSPS) is 10.7. The highest BCUT2D eigenvalue weighted by molar-refractivity contribution is 14.0. The van der Waals surface area contributed by atoms with E-state index in [1.807, 2.05) is 31.2 Å². The van der Waals surface area contributed by atoms with Crippen LogP contribution in [0.3, 0.4) is 0 Å². The van der Waals surface area contributed by atoms with Crippen LogP contribution < -0.4 is 16.0 Å². The Kier molecular flexibility index (Phi) is 9.77. The molecule has 5 nitrogen and oxygen atoms in total. The summed E-state index contributed by atoms with van der Waals surface area (Å²) in [6, 6.07) is 12.6. The molecule has 0 atom stereocenters. The molecule has 27 heavy (non-hydrogen) atoms. The Morgan fingerprint density at radius 3 is 2.30 bits per heavy atom. The number of nitrogens with zero attached hydrogens (tertiary/aromatic N) is 1. The number of halogens is 2. The Labute approximate surface area is 176 Å². The fourth-order valence-corrected chi connectivity index (χ4v) is 2.42. The molecule has 0 heterocycles. The maximum atomic E-state index is 13.6. The Morgan fingerprint density at radius 1 is 1.04 bits per heavy atom. The zero-order valence-corrected chi connectivity index (χ0v) is 18.1. The summed E-state index contributed by atoms with van der Waals surface area (Å²) in [4.78, 5) is 16.1. The number of amides is 1. The molecular weight excluding hydrogens is 458 g/mol. The van der Waals surface area contributed by atoms with Crippen molar-refractivity contribution in [1.82, 2.24) is 16.0 Å². The van der Waals surface area contributed by atoms with Crippen LogP contribution in [0.15, 0.2) is 47.5 Å². The molecular formula is C20H26FIN4O. The first-order chi connectivity index (χ1) is 12.5. The van der Waals surface area contributed by atoms with E-state index < -0.39 is 0 Å². The molecule has 2 aromatic rings. The number of nitrogens with one attached hydrogen (secondary N) is 3. The van der Waals surface area contributed by atoms with Crippen molar-refractivity contribution in [2.45, 2.75) is 26.9 Å². The average Bonchev–Trinajstić information content (AvgIpc) is 2.65. The minimum atomic E-state index is -0.214. The molecule has 146 valence electrons. The first-order valence-corrected chi connectivity index (χ1v) is 8.60. The molecule has 7 heteroatoms. The van der Waals surface area contributed by atoms with E-state index in [0.717, 1.165) is 11.1 Å². The van der Waals surface area contributed by atoms with Crippen molar-refractivity contribution >= 4 is 35.8 Å². The van der Waals surface area contributed by atoms with E-state index in [-0.39, 0.29) is 35.7 Å². The van der Waals surface area contributed by atoms with E-state index in [0.29, 0.717) is 36.7 Å². The van der Waals surface area contributed by atoms with Crippen molar-refractivity contribution in [1.29, 1.82) is 0 Å². The molecule has 2 aromatic carbocycles. The van der Waals surface area contributed by atoms with Crippen molar-refractivity contribution in [3.8, 4) is 0 Å².